The lowest BCUT2D eigenvalue weighted by atomic mass is 10.2. The van der Waals surface area contributed by atoms with Crippen molar-refractivity contribution < 1.29 is 13.2 Å². The molecule has 1 heterocycles. The molecule has 0 atom stereocenters. The molecule has 6 heteroatoms. The third-order valence-corrected chi connectivity index (χ3v) is 1.79. The van der Waals surface area contributed by atoms with Crippen molar-refractivity contribution in [1.82, 2.24) is 15.2 Å². The Bertz CT molecular complexity index is 447. The summed E-state index contributed by atoms with van der Waals surface area (Å²) in [6.07, 6.45) is -4.49. The highest BCUT2D eigenvalue weighted by Gasteiger charge is 2.35. The number of hydrogen-bond acceptors (Lipinski definition) is 2. The number of H-pyrrole nitrogens is 1. The lowest BCUT2D eigenvalue weighted by Gasteiger charge is -1.98. The summed E-state index contributed by atoms with van der Waals surface area (Å²) in [6.45, 7) is 0. The third-order valence-electron chi connectivity index (χ3n) is 1.79. The molecular weight excluding hydrogens is 207 g/mol. The Kier molecular flexibility index (Phi) is 2.18. The van der Waals surface area contributed by atoms with Gasteiger partial charge in [-0.3, -0.25) is 5.10 Å². The van der Waals surface area contributed by atoms with Gasteiger partial charge in [0, 0.05) is 5.56 Å². The summed E-state index contributed by atoms with van der Waals surface area (Å²) in [5, 5.41) is 5.35. The summed E-state index contributed by atoms with van der Waals surface area (Å²) >= 11 is 0. The molecule has 0 unspecified atom stereocenters. The van der Waals surface area contributed by atoms with Crippen molar-refractivity contribution in [1.29, 1.82) is 0 Å². The van der Waals surface area contributed by atoms with Gasteiger partial charge in [0.25, 0.3) is 0 Å². The van der Waals surface area contributed by atoms with E-state index in [9.17, 15) is 13.2 Å². The van der Waals surface area contributed by atoms with Gasteiger partial charge in [-0.05, 0) is 0 Å². The van der Waals surface area contributed by atoms with Gasteiger partial charge in [0.1, 0.15) is 0 Å². The highest BCUT2D eigenvalue weighted by atomic mass is 19.4. The van der Waals surface area contributed by atoms with Crippen LogP contribution in [0, 0.1) is 0 Å². The van der Waals surface area contributed by atoms with E-state index >= 15 is 0 Å². The van der Waals surface area contributed by atoms with Crippen LogP contribution in [0.2, 0.25) is 0 Å². The molecule has 0 fully saturated rings. The number of aromatic nitrogens is 3. The molecule has 0 saturated heterocycles. The Morgan fingerprint density at radius 1 is 1.07 bits per heavy atom. The third kappa shape index (κ3) is 1.98. The fraction of sp³-hybridized carbons (Fsp3) is 0.111. The number of alkyl halides is 3. The van der Waals surface area contributed by atoms with Crippen LogP contribution in [-0.4, -0.2) is 15.2 Å². The van der Waals surface area contributed by atoms with E-state index in [0.717, 1.165) is 0 Å². The molecule has 78 valence electrons. The molecule has 0 aliphatic rings. The molecule has 0 aliphatic heterocycles. The zero-order chi connectivity index (χ0) is 10.9. The summed E-state index contributed by atoms with van der Waals surface area (Å²) in [6, 6.07) is 8.46. The fourth-order valence-corrected chi connectivity index (χ4v) is 1.10. The highest BCUT2D eigenvalue weighted by molar-refractivity contribution is 5.53. The first kappa shape index (κ1) is 9.70. The van der Waals surface area contributed by atoms with E-state index in [-0.39, 0.29) is 5.82 Å². The number of halogens is 3. The normalized spacial score (nSPS) is 11.7. The van der Waals surface area contributed by atoms with Gasteiger partial charge in [0.15, 0.2) is 5.82 Å². The molecule has 1 aromatic heterocycles. The van der Waals surface area contributed by atoms with Gasteiger partial charge in [-0.15, -0.1) is 0 Å². The molecule has 3 nitrogen and oxygen atoms in total. The quantitative estimate of drug-likeness (QED) is 0.790. The molecule has 0 bridgehead atoms. The lowest BCUT2D eigenvalue weighted by molar-refractivity contribution is -0.144. The summed E-state index contributed by atoms with van der Waals surface area (Å²) in [7, 11) is 0. The van der Waals surface area contributed by atoms with Crippen molar-refractivity contribution in [2.24, 2.45) is 0 Å². The van der Waals surface area contributed by atoms with Gasteiger partial charge >= 0.3 is 6.18 Å². The summed E-state index contributed by atoms with van der Waals surface area (Å²) in [5.41, 5.74) is 0.546. The summed E-state index contributed by atoms with van der Waals surface area (Å²) in [4.78, 5) is 3.36. The Balaban J connectivity index is 2.37. The Morgan fingerprint density at radius 2 is 1.73 bits per heavy atom. The maximum Gasteiger partial charge on any atom is 0.451 e. The second-order valence-electron chi connectivity index (χ2n) is 2.87. The van der Waals surface area contributed by atoms with E-state index in [0.29, 0.717) is 5.56 Å². The second kappa shape index (κ2) is 3.38. The first-order chi connectivity index (χ1) is 7.07. The molecule has 0 amide bonds. The smallest absolute Gasteiger partial charge is 0.255 e. The second-order valence-corrected chi connectivity index (χ2v) is 2.87. The topological polar surface area (TPSA) is 41.6 Å². The van der Waals surface area contributed by atoms with Gasteiger partial charge in [0.2, 0.25) is 5.82 Å². The zero-order valence-corrected chi connectivity index (χ0v) is 7.42. The van der Waals surface area contributed by atoms with Crippen molar-refractivity contribution in [3.8, 4) is 11.4 Å². The van der Waals surface area contributed by atoms with Gasteiger partial charge < -0.3 is 0 Å². The molecule has 1 N–H and O–H groups in total. The van der Waals surface area contributed by atoms with Crippen LogP contribution in [0.4, 0.5) is 13.2 Å². The van der Waals surface area contributed by atoms with Crippen LogP contribution in [0.5, 0.6) is 0 Å². The van der Waals surface area contributed by atoms with E-state index in [1.807, 2.05) is 5.10 Å². The molecule has 0 saturated carbocycles. The highest BCUT2D eigenvalue weighted by Crippen LogP contribution is 2.27. The number of aromatic amines is 1. The van der Waals surface area contributed by atoms with E-state index in [4.69, 9.17) is 0 Å². The van der Waals surface area contributed by atoms with Gasteiger partial charge in [0.05, 0.1) is 0 Å². The summed E-state index contributed by atoms with van der Waals surface area (Å²) in [5.74, 6) is -1.04. The van der Waals surface area contributed by atoms with Gasteiger partial charge in [-0.1, -0.05) is 30.3 Å². The SMILES string of the molecule is FC(F)(F)c1nc(-c2ccccc2)n[nH]1. The number of benzene rings is 1. The molecule has 0 radical (unpaired) electrons. The minimum Gasteiger partial charge on any atom is -0.255 e. The van der Waals surface area contributed by atoms with Crippen molar-refractivity contribution in [2.75, 3.05) is 0 Å². The minimum atomic E-state index is -4.49. The zero-order valence-electron chi connectivity index (χ0n) is 7.42. The predicted molar refractivity (Wildman–Crippen MR) is 46.8 cm³/mol. The molecule has 15 heavy (non-hydrogen) atoms. The van der Waals surface area contributed by atoms with Gasteiger partial charge in [-0.2, -0.15) is 18.3 Å². The van der Waals surface area contributed by atoms with Crippen LogP contribution in [0.15, 0.2) is 30.3 Å². The average molecular weight is 213 g/mol. The van der Waals surface area contributed by atoms with E-state index in [1.54, 1.807) is 30.3 Å². The molecule has 0 spiro atoms. The van der Waals surface area contributed by atoms with Crippen LogP contribution in [0.1, 0.15) is 5.82 Å². The number of nitrogens with zero attached hydrogens (tertiary/aromatic N) is 2. The van der Waals surface area contributed by atoms with E-state index < -0.39 is 12.0 Å². The maximum atomic E-state index is 12.2. The Hall–Kier alpha value is -1.85. The monoisotopic (exact) mass is 213 g/mol. The van der Waals surface area contributed by atoms with Crippen molar-refractivity contribution in [2.45, 2.75) is 6.18 Å². The predicted octanol–water partition coefficient (Wildman–Crippen LogP) is 2.49. The van der Waals surface area contributed by atoms with Crippen LogP contribution in [0.25, 0.3) is 11.4 Å². The van der Waals surface area contributed by atoms with Crippen molar-refractivity contribution in [3.63, 3.8) is 0 Å². The lowest BCUT2D eigenvalue weighted by Crippen LogP contribution is -2.07. The van der Waals surface area contributed by atoms with E-state index in [1.165, 1.54) is 0 Å². The number of nitrogens with one attached hydrogen (secondary N) is 1. The molecular formula is C9H6F3N3. The average Bonchev–Trinajstić information content (AvgIpc) is 2.67. The molecule has 2 aromatic rings. The van der Waals surface area contributed by atoms with Crippen molar-refractivity contribution in [3.05, 3.63) is 36.2 Å². The Labute approximate surface area is 83.0 Å². The first-order valence-electron chi connectivity index (χ1n) is 4.12. The molecule has 1 aromatic carbocycles. The van der Waals surface area contributed by atoms with Crippen LogP contribution >= 0.6 is 0 Å². The summed E-state index contributed by atoms with van der Waals surface area (Å²) < 4.78 is 36.5. The largest absolute Gasteiger partial charge is 0.451 e. The van der Waals surface area contributed by atoms with Crippen LogP contribution < -0.4 is 0 Å². The molecule has 0 aliphatic carbocycles. The van der Waals surface area contributed by atoms with Gasteiger partial charge in [-0.25, -0.2) is 4.98 Å². The number of rotatable bonds is 1. The van der Waals surface area contributed by atoms with Crippen LogP contribution in [0.3, 0.4) is 0 Å². The standard InChI is InChI=1S/C9H6F3N3/c10-9(11,12)8-13-7(14-15-8)6-4-2-1-3-5-6/h1-5H,(H,13,14,15). The van der Waals surface area contributed by atoms with E-state index in [2.05, 4.69) is 10.1 Å². The fourth-order valence-electron chi connectivity index (χ4n) is 1.10. The number of hydrogen-bond donors (Lipinski definition) is 1. The van der Waals surface area contributed by atoms with Crippen molar-refractivity contribution >= 4 is 0 Å². The maximum absolute atomic E-state index is 12.2. The molecule has 2 rings (SSSR count). The first-order valence-corrected chi connectivity index (χ1v) is 4.12. The minimum absolute atomic E-state index is 0.0444. The van der Waals surface area contributed by atoms with Crippen LogP contribution in [-0.2, 0) is 6.18 Å². The Morgan fingerprint density at radius 3 is 2.27 bits per heavy atom.